The van der Waals surface area contributed by atoms with Gasteiger partial charge in [-0.2, -0.15) is 0 Å². The van der Waals surface area contributed by atoms with Crippen molar-refractivity contribution in [1.82, 2.24) is 14.8 Å². The van der Waals surface area contributed by atoms with Crippen molar-refractivity contribution < 1.29 is 0 Å². The molecule has 2 heterocycles. The molecule has 0 aliphatic heterocycles. The van der Waals surface area contributed by atoms with E-state index >= 15 is 0 Å². The van der Waals surface area contributed by atoms with Crippen LogP contribution in [0, 0.1) is 0 Å². The highest BCUT2D eigenvalue weighted by Gasteiger charge is 2.03. The number of aryl methyl sites for hydroxylation is 2. The van der Waals surface area contributed by atoms with Crippen LogP contribution in [-0.2, 0) is 13.0 Å². The SMILES string of the molecule is CCSc1nncn1CCc1cccs1. The van der Waals surface area contributed by atoms with E-state index in [2.05, 4.69) is 39.2 Å². The van der Waals surface area contributed by atoms with Crippen molar-refractivity contribution in [2.75, 3.05) is 5.75 Å². The molecule has 0 fully saturated rings. The molecule has 0 aliphatic carbocycles. The Balaban J connectivity index is 1.95. The van der Waals surface area contributed by atoms with Crippen LogP contribution < -0.4 is 0 Å². The second-order valence-corrected chi connectivity index (χ2v) is 5.33. The minimum absolute atomic E-state index is 0.968. The third-order valence-electron chi connectivity index (χ3n) is 2.03. The molecule has 0 unspecified atom stereocenters. The van der Waals surface area contributed by atoms with Gasteiger partial charge in [-0.15, -0.1) is 21.5 Å². The molecule has 2 aromatic rings. The van der Waals surface area contributed by atoms with Gasteiger partial charge < -0.3 is 4.57 Å². The third kappa shape index (κ3) is 2.82. The molecular weight excluding hydrogens is 226 g/mol. The van der Waals surface area contributed by atoms with Gasteiger partial charge in [0, 0.05) is 11.4 Å². The highest BCUT2D eigenvalue weighted by atomic mass is 32.2. The Morgan fingerprint density at radius 2 is 2.47 bits per heavy atom. The lowest BCUT2D eigenvalue weighted by atomic mass is 10.3. The number of aromatic nitrogens is 3. The van der Waals surface area contributed by atoms with Gasteiger partial charge in [-0.05, 0) is 23.6 Å². The Morgan fingerprint density at radius 3 is 3.20 bits per heavy atom. The lowest BCUT2D eigenvalue weighted by Gasteiger charge is -2.03. The molecule has 0 spiro atoms. The van der Waals surface area contributed by atoms with E-state index in [4.69, 9.17) is 0 Å². The van der Waals surface area contributed by atoms with Gasteiger partial charge in [0.25, 0.3) is 0 Å². The quantitative estimate of drug-likeness (QED) is 0.752. The van der Waals surface area contributed by atoms with Crippen LogP contribution in [-0.4, -0.2) is 20.5 Å². The van der Waals surface area contributed by atoms with Crippen LogP contribution in [0.4, 0.5) is 0 Å². The molecule has 0 radical (unpaired) electrons. The van der Waals surface area contributed by atoms with Crippen LogP contribution in [0.3, 0.4) is 0 Å². The molecule has 0 atom stereocenters. The monoisotopic (exact) mass is 239 g/mol. The first-order chi connectivity index (χ1) is 7.40. The van der Waals surface area contributed by atoms with E-state index in [9.17, 15) is 0 Å². The molecule has 0 saturated carbocycles. The molecule has 15 heavy (non-hydrogen) atoms. The average molecular weight is 239 g/mol. The maximum atomic E-state index is 4.09. The molecule has 0 bridgehead atoms. The second-order valence-electron chi connectivity index (χ2n) is 3.07. The number of thiophene rings is 1. The van der Waals surface area contributed by atoms with E-state index in [-0.39, 0.29) is 0 Å². The van der Waals surface area contributed by atoms with Crippen molar-refractivity contribution in [3.05, 3.63) is 28.7 Å². The molecule has 0 aliphatic rings. The summed E-state index contributed by atoms with van der Waals surface area (Å²) in [7, 11) is 0. The fraction of sp³-hybridized carbons (Fsp3) is 0.400. The maximum absolute atomic E-state index is 4.09. The van der Waals surface area contributed by atoms with Crippen LogP contribution in [0.2, 0.25) is 0 Å². The summed E-state index contributed by atoms with van der Waals surface area (Å²) in [6.07, 6.45) is 2.87. The Hall–Kier alpha value is -0.810. The number of thioether (sulfide) groups is 1. The van der Waals surface area contributed by atoms with Crippen molar-refractivity contribution in [2.45, 2.75) is 25.0 Å². The molecule has 0 N–H and O–H groups in total. The molecular formula is C10H13N3S2. The zero-order valence-electron chi connectivity index (χ0n) is 8.59. The molecule has 0 amide bonds. The highest BCUT2D eigenvalue weighted by molar-refractivity contribution is 7.99. The van der Waals surface area contributed by atoms with E-state index < -0.39 is 0 Å². The van der Waals surface area contributed by atoms with Crippen LogP contribution in [0.5, 0.6) is 0 Å². The fourth-order valence-electron chi connectivity index (χ4n) is 1.32. The summed E-state index contributed by atoms with van der Waals surface area (Å²) in [4.78, 5) is 1.41. The van der Waals surface area contributed by atoms with E-state index in [1.807, 2.05) is 6.33 Å². The van der Waals surface area contributed by atoms with Crippen molar-refractivity contribution in [3.8, 4) is 0 Å². The lowest BCUT2D eigenvalue weighted by Crippen LogP contribution is -2.00. The van der Waals surface area contributed by atoms with E-state index in [0.29, 0.717) is 0 Å². The largest absolute Gasteiger partial charge is 0.308 e. The Kier molecular flexibility index (Phi) is 3.80. The van der Waals surface area contributed by atoms with Gasteiger partial charge >= 0.3 is 0 Å². The molecule has 2 aromatic heterocycles. The summed E-state index contributed by atoms with van der Waals surface area (Å²) in [5.74, 6) is 1.04. The van der Waals surface area contributed by atoms with Crippen LogP contribution in [0.25, 0.3) is 0 Å². The Labute approximate surface area is 97.5 Å². The average Bonchev–Trinajstić information content (AvgIpc) is 2.85. The van der Waals surface area contributed by atoms with Crippen molar-refractivity contribution in [3.63, 3.8) is 0 Å². The lowest BCUT2D eigenvalue weighted by molar-refractivity contribution is 0.638. The molecule has 3 nitrogen and oxygen atoms in total. The predicted octanol–water partition coefficient (Wildman–Crippen LogP) is 2.69. The third-order valence-corrected chi connectivity index (χ3v) is 3.83. The van der Waals surface area contributed by atoms with E-state index in [1.165, 1.54) is 4.88 Å². The van der Waals surface area contributed by atoms with Gasteiger partial charge in [-0.1, -0.05) is 24.8 Å². The molecule has 0 saturated heterocycles. The van der Waals surface area contributed by atoms with Crippen LogP contribution in [0.1, 0.15) is 11.8 Å². The zero-order chi connectivity index (χ0) is 10.5. The Bertz CT molecular complexity index is 394. The molecule has 80 valence electrons. The summed E-state index contributed by atoms with van der Waals surface area (Å²) in [5.41, 5.74) is 0. The van der Waals surface area contributed by atoms with E-state index in [0.717, 1.165) is 23.9 Å². The number of nitrogens with zero attached hydrogens (tertiary/aromatic N) is 3. The zero-order valence-corrected chi connectivity index (χ0v) is 10.2. The Morgan fingerprint density at radius 1 is 1.53 bits per heavy atom. The van der Waals surface area contributed by atoms with E-state index in [1.54, 1.807) is 23.1 Å². The van der Waals surface area contributed by atoms with Crippen molar-refractivity contribution >= 4 is 23.1 Å². The van der Waals surface area contributed by atoms with Gasteiger partial charge in [0.1, 0.15) is 6.33 Å². The number of rotatable bonds is 5. The topological polar surface area (TPSA) is 30.7 Å². The molecule has 0 aromatic carbocycles. The standard InChI is InChI=1S/C10H13N3S2/c1-2-14-10-12-11-8-13(10)6-5-9-4-3-7-15-9/h3-4,7-8H,2,5-6H2,1H3. The molecule has 5 heteroatoms. The maximum Gasteiger partial charge on any atom is 0.190 e. The fourth-order valence-corrected chi connectivity index (χ4v) is 2.69. The van der Waals surface area contributed by atoms with Crippen molar-refractivity contribution in [2.24, 2.45) is 0 Å². The number of hydrogen-bond donors (Lipinski definition) is 0. The summed E-state index contributed by atoms with van der Waals surface area (Å²) < 4.78 is 2.12. The normalized spacial score (nSPS) is 10.7. The van der Waals surface area contributed by atoms with Crippen LogP contribution >= 0.6 is 23.1 Å². The van der Waals surface area contributed by atoms with Gasteiger partial charge in [-0.3, -0.25) is 0 Å². The first kappa shape index (κ1) is 10.7. The minimum atomic E-state index is 0.968. The first-order valence-corrected chi connectivity index (χ1v) is 6.79. The molecule has 2 rings (SSSR count). The van der Waals surface area contributed by atoms with Gasteiger partial charge in [0.05, 0.1) is 0 Å². The van der Waals surface area contributed by atoms with Crippen LogP contribution in [0.15, 0.2) is 29.0 Å². The smallest absolute Gasteiger partial charge is 0.190 e. The summed E-state index contributed by atoms with van der Waals surface area (Å²) in [6, 6.07) is 4.26. The van der Waals surface area contributed by atoms with Gasteiger partial charge in [0.15, 0.2) is 5.16 Å². The van der Waals surface area contributed by atoms with Gasteiger partial charge in [-0.25, -0.2) is 0 Å². The summed E-state index contributed by atoms with van der Waals surface area (Å²) in [5, 5.41) is 11.2. The number of hydrogen-bond acceptors (Lipinski definition) is 4. The highest BCUT2D eigenvalue weighted by Crippen LogP contribution is 2.15. The summed E-state index contributed by atoms with van der Waals surface area (Å²) >= 11 is 3.54. The minimum Gasteiger partial charge on any atom is -0.308 e. The predicted molar refractivity (Wildman–Crippen MR) is 64.4 cm³/mol. The second kappa shape index (κ2) is 5.32. The van der Waals surface area contributed by atoms with Gasteiger partial charge in [0.2, 0.25) is 0 Å². The van der Waals surface area contributed by atoms with Crippen molar-refractivity contribution in [1.29, 1.82) is 0 Å². The first-order valence-electron chi connectivity index (χ1n) is 4.93. The summed E-state index contributed by atoms with van der Waals surface area (Å²) in [6.45, 7) is 3.10.